The molecule has 2 aromatic carbocycles. The van der Waals surface area contributed by atoms with Crippen molar-refractivity contribution in [2.24, 2.45) is 5.41 Å². The van der Waals surface area contributed by atoms with Crippen molar-refractivity contribution >= 4 is 22.2 Å². The van der Waals surface area contributed by atoms with Crippen molar-refractivity contribution in [2.75, 3.05) is 18.0 Å². The number of hydrogen-bond donors (Lipinski definition) is 0. The molecule has 2 aromatic heterocycles. The van der Waals surface area contributed by atoms with Crippen LogP contribution in [0, 0.1) is 12.3 Å². The topological polar surface area (TPSA) is 42.2 Å². The second-order valence-corrected chi connectivity index (χ2v) is 11.1. The third kappa shape index (κ3) is 3.82. The normalized spacial score (nSPS) is 19.1. The van der Waals surface area contributed by atoms with E-state index in [0.29, 0.717) is 5.69 Å². The highest BCUT2D eigenvalue weighted by molar-refractivity contribution is 5.87. The minimum absolute atomic E-state index is 0.0771. The zero-order valence-electron chi connectivity index (χ0n) is 21.2. The Morgan fingerprint density at radius 1 is 1.00 bits per heavy atom. The number of rotatable bonds is 4. The Kier molecular flexibility index (Phi) is 5.23. The molecule has 0 atom stereocenters. The van der Waals surface area contributed by atoms with Gasteiger partial charge in [0, 0.05) is 47.4 Å². The molecule has 4 aromatic rings. The number of nitrogens with zero attached hydrogens (tertiary/aromatic N) is 3. The van der Waals surface area contributed by atoms with Crippen LogP contribution in [0.25, 0.3) is 27.7 Å². The van der Waals surface area contributed by atoms with Gasteiger partial charge in [-0.2, -0.15) is 13.2 Å². The molecule has 194 valence electrons. The second-order valence-electron chi connectivity index (χ2n) is 11.1. The lowest BCUT2D eigenvalue weighted by molar-refractivity contribution is -0.137. The summed E-state index contributed by atoms with van der Waals surface area (Å²) in [4.78, 5) is 7.04. The number of alkyl halides is 3. The van der Waals surface area contributed by atoms with Gasteiger partial charge in [-0.1, -0.05) is 41.6 Å². The standard InChI is InChI=1S/C31H28F3N3O/c1-19-25(11-10-20-5-4-14-35-27(19)20)37-15-12-30(13-16-37)17-22(18-30)26-28(36-38-29(26)21-8-9-21)23-6-2-3-7-24(23)31(32,33)34/h2-7,10-11,14,17,21H,8-9,12-13,15-16,18H2,1H3. The number of hydrogen-bond acceptors (Lipinski definition) is 4. The average Bonchev–Trinajstić information content (AvgIpc) is 3.66. The maximum atomic E-state index is 13.8. The van der Waals surface area contributed by atoms with Gasteiger partial charge in [0.1, 0.15) is 11.5 Å². The minimum Gasteiger partial charge on any atom is -0.371 e. The van der Waals surface area contributed by atoms with Gasteiger partial charge in [0.15, 0.2) is 0 Å². The summed E-state index contributed by atoms with van der Waals surface area (Å²) in [5.74, 6) is 1.02. The van der Waals surface area contributed by atoms with Crippen molar-refractivity contribution in [1.82, 2.24) is 10.1 Å². The van der Waals surface area contributed by atoms with Crippen LogP contribution in [-0.2, 0) is 6.18 Å². The van der Waals surface area contributed by atoms with E-state index in [9.17, 15) is 13.2 Å². The van der Waals surface area contributed by atoms with E-state index in [1.807, 2.05) is 12.3 Å². The first kappa shape index (κ1) is 23.5. The van der Waals surface area contributed by atoms with Gasteiger partial charge in [-0.25, -0.2) is 0 Å². The van der Waals surface area contributed by atoms with Gasteiger partial charge in [0.25, 0.3) is 0 Å². The highest BCUT2D eigenvalue weighted by Crippen LogP contribution is 2.56. The molecule has 4 nitrogen and oxygen atoms in total. The lowest BCUT2D eigenvalue weighted by atomic mass is 9.63. The van der Waals surface area contributed by atoms with Gasteiger partial charge in [-0.15, -0.1) is 0 Å². The van der Waals surface area contributed by atoms with Crippen LogP contribution in [-0.4, -0.2) is 23.2 Å². The van der Waals surface area contributed by atoms with Crippen LogP contribution in [0.2, 0.25) is 0 Å². The van der Waals surface area contributed by atoms with Gasteiger partial charge in [-0.3, -0.25) is 4.98 Å². The molecule has 3 aliphatic rings. The van der Waals surface area contributed by atoms with E-state index in [1.165, 1.54) is 23.4 Å². The van der Waals surface area contributed by atoms with Gasteiger partial charge in [-0.05, 0) is 73.8 Å². The summed E-state index contributed by atoms with van der Waals surface area (Å²) in [6.07, 6.45) is 4.55. The van der Waals surface area contributed by atoms with Crippen LogP contribution in [0.3, 0.4) is 0 Å². The summed E-state index contributed by atoms with van der Waals surface area (Å²) in [7, 11) is 0. The summed E-state index contributed by atoms with van der Waals surface area (Å²) in [5.41, 5.74) is 5.20. The van der Waals surface area contributed by atoms with Gasteiger partial charge in [0.2, 0.25) is 0 Å². The third-order valence-corrected chi connectivity index (χ3v) is 8.60. The average molecular weight is 516 g/mol. The number of aromatic nitrogens is 2. The van der Waals surface area contributed by atoms with Gasteiger partial charge < -0.3 is 9.42 Å². The second kappa shape index (κ2) is 8.45. The van der Waals surface area contributed by atoms with Crippen LogP contribution in [0.15, 0.2) is 65.3 Å². The third-order valence-electron chi connectivity index (χ3n) is 8.60. The molecule has 1 spiro atoms. The predicted octanol–water partition coefficient (Wildman–Crippen LogP) is 8.17. The Labute approximate surface area is 219 Å². The van der Waals surface area contributed by atoms with Crippen molar-refractivity contribution in [1.29, 1.82) is 0 Å². The SMILES string of the molecule is Cc1c(N2CCC3(C=C(c4c(-c5ccccc5C(F)(F)F)noc4C4CC4)C3)CC2)ccc2cccnc12. The van der Waals surface area contributed by atoms with Crippen molar-refractivity contribution in [3.8, 4) is 11.3 Å². The van der Waals surface area contributed by atoms with E-state index < -0.39 is 11.7 Å². The first-order chi connectivity index (χ1) is 18.3. The molecule has 1 saturated carbocycles. The summed E-state index contributed by atoms with van der Waals surface area (Å²) >= 11 is 0. The summed E-state index contributed by atoms with van der Waals surface area (Å²) in [5, 5.41) is 5.36. The Hall–Kier alpha value is -3.61. The molecule has 38 heavy (non-hydrogen) atoms. The van der Waals surface area contributed by atoms with Gasteiger partial charge >= 0.3 is 6.18 Å². The van der Waals surface area contributed by atoms with Crippen molar-refractivity contribution in [3.63, 3.8) is 0 Å². The van der Waals surface area contributed by atoms with E-state index in [0.717, 1.165) is 79.1 Å². The number of allylic oxidation sites excluding steroid dienone is 2. The molecule has 7 rings (SSSR count). The number of fused-ring (bicyclic) bond motifs is 1. The van der Waals surface area contributed by atoms with E-state index in [4.69, 9.17) is 4.52 Å². The predicted molar refractivity (Wildman–Crippen MR) is 142 cm³/mol. The fourth-order valence-electron chi connectivity index (χ4n) is 6.38. The molecule has 2 aliphatic carbocycles. The van der Waals surface area contributed by atoms with Crippen molar-refractivity contribution in [2.45, 2.75) is 51.1 Å². The number of piperidine rings is 1. The minimum atomic E-state index is -4.45. The van der Waals surface area contributed by atoms with Crippen LogP contribution in [0.4, 0.5) is 18.9 Å². The zero-order chi connectivity index (χ0) is 26.1. The molecule has 0 bridgehead atoms. The number of benzene rings is 2. The van der Waals surface area contributed by atoms with Crippen LogP contribution in [0.5, 0.6) is 0 Å². The van der Waals surface area contributed by atoms with Crippen LogP contribution < -0.4 is 4.90 Å². The fourth-order valence-corrected chi connectivity index (χ4v) is 6.38. The number of halogens is 3. The molecule has 3 heterocycles. The van der Waals surface area contributed by atoms with E-state index in [-0.39, 0.29) is 16.9 Å². The molecule has 0 radical (unpaired) electrons. The zero-order valence-corrected chi connectivity index (χ0v) is 21.2. The molecular weight excluding hydrogens is 487 g/mol. The van der Waals surface area contributed by atoms with Gasteiger partial charge in [0.05, 0.1) is 11.1 Å². The van der Waals surface area contributed by atoms with E-state index in [1.54, 1.807) is 6.07 Å². The fraction of sp³-hybridized carbons (Fsp3) is 0.355. The molecule has 1 saturated heterocycles. The number of aryl methyl sites for hydroxylation is 1. The Balaban J connectivity index is 1.17. The monoisotopic (exact) mass is 515 g/mol. The number of pyridine rings is 1. The Morgan fingerprint density at radius 3 is 2.50 bits per heavy atom. The smallest absolute Gasteiger partial charge is 0.371 e. The molecular formula is C31H28F3N3O. The number of anilines is 1. The molecule has 0 unspecified atom stereocenters. The lowest BCUT2D eigenvalue weighted by Crippen LogP contribution is -2.42. The largest absolute Gasteiger partial charge is 0.417 e. The first-order valence-electron chi connectivity index (χ1n) is 13.3. The summed E-state index contributed by atoms with van der Waals surface area (Å²) in [6.45, 7) is 4.01. The molecule has 0 amide bonds. The first-order valence-corrected chi connectivity index (χ1v) is 13.3. The highest BCUT2D eigenvalue weighted by atomic mass is 19.4. The maximum Gasteiger partial charge on any atom is 0.417 e. The Bertz CT molecular complexity index is 1570. The Morgan fingerprint density at radius 2 is 1.76 bits per heavy atom. The quantitative estimate of drug-likeness (QED) is 0.275. The van der Waals surface area contributed by atoms with Crippen LogP contribution >= 0.6 is 0 Å². The maximum absolute atomic E-state index is 13.8. The van der Waals surface area contributed by atoms with Crippen LogP contribution in [0.1, 0.15) is 60.5 Å². The van der Waals surface area contributed by atoms with E-state index >= 15 is 0 Å². The summed E-state index contributed by atoms with van der Waals surface area (Å²) < 4.78 is 47.2. The van der Waals surface area contributed by atoms with Crippen molar-refractivity contribution in [3.05, 3.63) is 83.3 Å². The molecule has 0 N–H and O–H groups in total. The molecule has 2 fully saturated rings. The highest BCUT2D eigenvalue weighted by Gasteiger charge is 2.45. The lowest BCUT2D eigenvalue weighted by Gasteiger charge is -2.47. The summed E-state index contributed by atoms with van der Waals surface area (Å²) in [6, 6.07) is 14.1. The molecule has 1 aliphatic heterocycles. The van der Waals surface area contributed by atoms with Crippen molar-refractivity contribution < 1.29 is 17.7 Å². The van der Waals surface area contributed by atoms with E-state index in [2.05, 4.69) is 46.2 Å². The molecule has 7 heteroatoms.